The summed E-state index contributed by atoms with van der Waals surface area (Å²) in [5, 5.41) is 0. The van der Waals surface area contributed by atoms with Gasteiger partial charge in [-0.05, 0) is 37.8 Å². The van der Waals surface area contributed by atoms with Crippen molar-refractivity contribution in [3.05, 3.63) is 47.3 Å². The average Bonchev–Trinajstić information content (AvgIpc) is 3.30. The number of benzene rings is 1. The number of imidazole rings is 1. The third-order valence-electron chi connectivity index (χ3n) is 4.48. The van der Waals surface area contributed by atoms with Crippen molar-refractivity contribution in [2.75, 3.05) is 0 Å². The fourth-order valence-corrected chi connectivity index (χ4v) is 3.13. The molecule has 1 aromatic carbocycles. The van der Waals surface area contributed by atoms with E-state index in [1.165, 1.54) is 12.3 Å². The Kier molecular flexibility index (Phi) is 3.18. The van der Waals surface area contributed by atoms with Gasteiger partial charge in [-0.15, -0.1) is 0 Å². The lowest BCUT2D eigenvalue weighted by Crippen LogP contribution is -2.02. The van der Waals surface area contributed by atoms with Gasteiger partial charge in [-0.2, -0.15) is 0 Å². The minimum absolute atomic E-state index is 0.266. The van der Waals surface area contributed by atoms with E-state index in [4.69, 9.17) is 0 Å². The first-order chi connectivity index (χ1) is 11.1. The van der Waals surface area contributed by atoms with Crippen molar-refractivity contribution >= 4 is 11.0 Å². The van der Waals surface area contributed by atoms with E-state index in [1.807, 2.05) is 13.0 Å². The highest BCUT2D eigenvalue weighted by Gasteiger charge is 2.30. The van der Waals surface area contributed by atoms with Gasteiger partial charge in [-0.1, -0.05) is 6.92 Å². The molecule has 2 heterocycles. The lowest BCUT2D eigenvalue weighted by molar-refractivity contribution is 0.605. The Morgan fingerprint density at radius 1 is 1.17 bits per heavy atom. The van der Waals surface area contributed by atoms with Gasteiger partial charge in [0.15, 0.2) is 0 Å². The zero-order valence-electron chi connectivity index (χ0n) is 13.1. The lowest BCUT2D eigenvalue weighted by atomic mass is 10.1. The Bertz CT molecular complexity index is 910. The van der Waals surface area contributed by atoms with Crippen molar-refractivity contribution in [3.8, 4) is 11.4 Å². The zero-order valence-corrected chi connectivity index (χ0v) is 13.1. The molecule has 0 atom stereocenters. The molecule has 0 unspecified atom stereocenters. The maximum absolute atomic E-state index is 14.1. The predicted octanol–water partition coefficient (Wildman–Crippen LogP) is 4.58. The van der Waals surface area contributed by atoms with Gasteiger partial charge in [0.05, 0.1) is 17.2 Å². The zero-order chi connectivity index (χ0) is 16.1. The molecule has 23 heavy (non-hydrogen) atoms. The lowest BCUT2D eigenvalue weighted by Gasteiger charge is -2.11. The van der Waals surface area contributed by atoms with Crippen LogP contribution in [0.1, 0.15) is 36.9 Å². The number of aromatic nitrogens is 3. The van der Waals surface area contributed by atoms with Gasteiger partial charge < -0.3 is 4.57 Å². The van der Waals surface area contributed by atoms with Crippen molar-refractivity contribution in [2.45, 2.75) is 39.2 Å². The molecule has 1 aliphatic carbocycles. The van der Waals surface area contributed by atoms with Crippen molar-refractivity contribution in [1.82, 2.24) is 14.5 Å². The molecule has 3 aromatic rings. The quantitative estimate of drug-likeness (QED) is 0.708. The van der Waals surface area contributed by atoms with Crippen LogP contribution in [0.5, 0.6) is 0 Å². The fraction of sp³-hybridized carbons (Fsp3) is 0.333. The molecule has 1 saturated carbocycles. The molecular formula is C18H17F2N3. The van der Waals surface area contributed by atoms with Crippen LogP contribution >= 0.6 is 0 Å². The Labute approximate surface area is 133 Å². The summed E-state index contributed by atoms with van der Waals surface area (Å²) in [7, 11) is 0. The van der Waals surface area contributed by atoms with Gasteiger partial charge in [0.1, 0.15) is 17.5 Å². The maximum Gasteiger partial charge on any atom is 0.145 e. The van der Waals surface area contributed by atoms with Crippen LogP contribution in [0.15, 0.2) is 24.5 Å². The largest absolute Gasteiger partial charge is 0.321 e. The second-order valence-corrected chi connectivity index (χ2v) is 6.13. The molecule has 3 nitrogen and oxygen atoms in total. The van der Waals surface area contributed by atoms with Crippen LogP contribution in [0.4, 0.5) is 8.78 Å². The number of nitrogens with zero attached hydrogens (tertiary/aromatic N) is 3. The van der Waals surface area contributed by atoms with Crippen LogP contribution in [0.25, 0.3) is 22.4 Å². The highest BCUT2D eigenvalue weighted by atomic mass is 19.1. The Hall–Kier alpha value is -2.30. The second-order valence-electron chi connectivity index (χ2n) is 6.13. The molecule has 0 spiro atoms. The summed E-state index contributed by atoms with van der Waals surface area (Å²) in [5.74, 6) is 0.107. The Morgan fingerprint density at radius 2 is 1.96 bits per heavy atom. The standard InChI is InChI=1S/C18H17F2N3/c1-3-12-13(8-21-9-15(12)20)18-22-16-7-14(19)10(2)6-17(16)23(18)11-4-5-11/h6-9,11H,3-5H2,1-2H3. The predicted molar refractivity (Wildman–Crippen MR) is 85.3 cm³/mol. The molecule has 118 valence electrons. The van der Waals surface area contributed by atoms with E-state index in [9.17, 15) is 8.78 Å². The number of halogens is 2. The van der Waals surface area contributed by atoms with Gasteiger partial charge in [-0.3, -0.25) is 4.98 Å². The second kappa shape index (κ2) is 5.11. The van der Waals surface area contributed by atoms with Gasteiger partial charge in [0.2, 0.25) is 0 Å². The number of aryl methyl sites for hydroxylation is 1. The summed E-state index contributed by atoms with van der Waals surface area (Å²) in [4.78, 5) is 8.61. The maximum atomic E-state index is 14.1. The van der Waals surface area contributed by atoms with E-state index in [1.54, 1.807) is 13.1 Å². The van der Waals surface area contributed by atoms with Crippen LogP contribution in [0, 0.1) is 18.6 Å². The van der Waals surface area contributed by atoms with E-state index in [0.29, 0.717) is 40.5 Å². The first kappa shape index (κ1) is 14.3. The van der Waals surface area contributed by atoms with E-state index in [0.717, 1.165) is 18.4 Å². The summed E-state index contributed by atoms with van der Waals surface area (Å²) < 4.78 is 30.1. The molecule has 1 aliphatic rings. The third kappa shape index (κ3) is 2.22. The molecule has 0 bridgehead atoms. The molecule has 2 aromatic heterocycles. The topological polar surface area (TPSA) is 30.7 Å². The van der Waals surface area contributed by atoms with Crippen LogP contribution in [0.3, 0.4) is 0 Å². The van der Waals surface area contributed by atoms with Crippen molar-refractivity contribution in [3.63, 3.8) is 0 Å². The Balaban J connectivity index is 2.04. The summed E-state index contributed by atoms with van der Waals surface area (Å²) in [6, 6.07) is 3.65. The van der Waals surface area contributed by atoms with Gasteiger partial charge in [-0.25, -0.2) is 13.8 Å². The van der Waals surface area contributed by atoms with E-state index in [-0.39, 0.29) is 11.6 Å². The summed E-state index contributed by atoms with van der Waals surface area (Å²) in [5.41, 5.74) is 3.43. The summed E-state index contributed by atoms with van der Waals surface area (Å²) >= 11 is 0. The molecule has 0 radical (unpaired) electrons. The fourth-order valence-electron chi connectivity index (χ4n) is 3.13. The molecule has 4 rings (SSSR count). The van der Waals surface area contributed by atoms with Crippen molar-refractivity contribution in [1.29, 1.82) is 0 Å². The van der Waals surface area contributed by atoms with E-state index < -0.39 is 0 Å². The van der Waals surface area contributed by atoms with Crippen LogP contribution in [-0.4, -0.2) is 14.5 Å². The summed E-state index contributed by atoms with van der Waals surface area (Å²) in [6.45, 7) is 3.66. The summed E-state index contributed by atoms with van der Waals surface area (Å²) in [6.07, 6.45) is 5.59. The molecule has 5 heteroatoms. The Morgan fingerprint density at radius 3 is 2.65 bits per heavy atom. The third-order valence-corrected chi connectivity index (χ3v) is 4.48. The highest BCUT2D eigenvalue weighted by Crippen LogP contribution is 2.42. The number of hydrogen-bond acceptors (Lipinski definition) is 2. The smallest absolute Gasteiger partial charge is 0.145 e. The highest BCUT2D eigenvalue weighted by molar-refractivity contribution is 5.82. The number of pyridine rings is 1. The molecule has 1 fully saturated rings. The number of rotatable bonds is 3. The molecule has 0 N–H and O–H groups in total. The molecule has 0 aliphatic heterocycles. The van der Waals surface area contributed by atoms with Crippen LogP contribution in [-0.2, 0) is 6.42 Å². The first-order valence-electron chi connectivity index (χ1n) is 7.91. The minimum atomic E-state index is -0.318. The van der Waals surface area contributed by atoms with Crippen LogP contribution in [0.2, 0.25) is 0 Å². The molecular weight excluding hydrogens is 296 g/mol. The number of hydrogen-bond donors (Lipinski definition) is 0. The van der Waals surface area contributed by atoms with Crippen molar-refractivity contribution < 1.29 is 8.78 Å². The molecule has 0 saturated heterocycles. The van der Waals surface area contributed by atoms with E-state index >= 15 is 0 Å². The first-order valence-corrected chi connectivity index (χ1v) is 7.91. The van der Waals surface area contributed by atoms with Crippen molar-refractivity contribution in [2.24, 2.45) is 0 Å². The normalized spacial score (nSPS) is 14.6. The van der Waals surface area contributed by atoms with Crippen LogP contribution < -0.4 is 0 Å². The minimum Gasteiger partial charge on any atom is -0.321 e. The van der Waals surface area contributed by atoms with Gasteiger partial charge in [0, 0.05) is 29.4 Å². The molecule has 0 amide bonds. The van der Waals surface area contributed by atoms with Gasteiger partial charge >= 0.3 is 0 Å². The SMILES string of the molecule is CCc1c(F)cncc1-c1nc2cc(F)c(C)cc2n1C1CC1. The number of fused-ring (bicyclic) bond motifs is 1. The van der Waals surface area contributed by atoms with Gasteiger partial charge in [0.25, 0.3) is 0 Å². The average molecular weight is 313 g/mol. The van der Waals surface area contributed by atoms with E-state index in [2.05, 4.69) is 14.5 Å². The monoisotopic (exact) mass is 313 g/mol.